The van der Waals surface area contributed by atoms with E-state index in [2.05, 4.69) is 5.32 Å². The Labute approximate surface area is 122 Å². The summed E-state index contributed by atoms with van der Waals surface area (Å²) in [5.41, 5.74) is -1.24. The predicted octanol–water partition coefficient (Wildman–Crippen LogP) is 1.85. The molecule has 2 N–H and O–H groups in total. The zero-order valence-corrected chi connectivity index (χ0v) is 11.9. The highest BCUT2D eigenvalue weighted by Gasteiger charge is 2.43. The molecule has 1 unspecified atom stereocenters. The molecular weight excluding hydrogens is 367 g/mol. The summed E-state index contributed by atoms with van der Waals surface area (Å²) in [5.74, 6) is -1.07. The van der Waals surface area contributed by atoms with E-state index in [4.69, 9.17) is 4.74 Å². The molecular formula is C11H11IN2O5. The van der Waals surface area contributed by atoms with E-state index in [0.717, 1.165) is 0 Å². The minimum atomic E-state index is -1.29. The van der Waals surface area contributed by atoms with Gasteiger partial charge in [-0.05, 0) is 34.7 Å². The average Bonchev–Trinajstić information content (AvgIpc) is 2.81. The molecule has 0 radical (unpaired) electrons. The molecule has 1 fully saturated rings. The topological polar surface area (TPSA) is 102 Å². The Morgan fingerprint density at radius 2 is 2.32 bits per heavy atom. The third kappa shape index (κ3) is 2.78. The van der Waals surface area contributed by atoms with Crippen LogP contribution >= 0.6 is 22.6 Å². The summed E-state index contributed by atoms with van der Waals surface area (Å²) in [7, 11) is 0. The number of rotatable bonds is 4. The fourth-order valence-electron chi connectivity index (χ4n) is 1.91. The Kier molecular flexibility index (Phi) is 3.90. The lowest BCUT2D eigenvalue weighted by molar-refractivity contribution is -0.384. The number of halogens is 1. The van der Waals surface area contributed by atoms with Gasteiger partial charge in [0, 0.05) is 22.7 Å². The molecule has 0 amide bonds. The smallest absolute Gasteiger partial charge is 0.331 e. The standard InChI is InChI=1S/C11H11IN2O5/c12-7-1-2-8(9(5-7)14(17)18)13-11(10(15)16)3-4-19-6-11/h1-2,5,13H,3-4,6H2,(H,15,16). The van der Waals surface area contributed by atoms with Crippen LogP contribution in [0.5, 0.6) is 0 Å². The number of nitrogens with one attached hydrogen (secondary N) is 1. The molecule has 1 atom stereocenters. The van der Waals surface area contributed by atoms with E-state index in [-0.39, 0.29) is 24.4 Å². The highest BCUT2D eigenvalue weighted by atomic mass is 127. The number of hydrogen-bond donors (Lipinski definition) is 2. The minimum absolute atomic E-state index is 0.00846. The molecule has 1 heterocycles. The lowest BCUT2D eigenvalue weighted by Crippen LogP contribution is -2.47. The van der Waals surface area contributed by atoms with E-state index in [9.17, 15) is 20.0 Å². The normalized spacial score (nSPS) is 22.2. The molecule has 1 saturated heterocycles. The van der Waals surface area contributed by atoms with E-state index in [0.29, 0.717) is 10.2 Å². The minimum Gasteiger partial charge on any atom is -0.479 e. The number of carbonyl (C=O) groups is 1. The van der Waals surface area contributed by atoms with Gasteiger partial charge in [-0.1, -0.05) is 0 Å². The largest absolute Gasteiger partial charge is 0.479 e. The van der Waals surface area contributed by atoms with Crippen LogP contribution in [0.25, 0.3) is 0 Å². The first-order valence-corrected chi connectivity index (χ1v) is 6.56. The maximum atomic E-state index is 11.4. The fraction of sp³-hybridized carbons (Fsp3) is 0.364. The molecule has 2 rings (SSSR count). The van der Waals surface area contributed by atoms with Gasteiger partial charge >= 0.3 is 5.97 Å². The number of nitro benzene ring substituents is 1. The van der Waals surface area contributed by atoms with Crippen LogP contribution in [-0.4, -0.2) is 34.8 Å². The number of hydrogen-bond acceptors (Lipinski definition) is 5. The van der Waals surface area contributed by atoms with Gasteiger partial charge in [0.05, 0.1) is 11.5 Å². The molecule has 102 valence electrons. The molecule has 0 saturated carbocycles. The monoisotopic (exact) mass is 378 g/mol. The van der Waals surface area contributed by atoms with Crippen molar-refractivity contribution in [2.75, 3.05) is 18.5 Å². The number of carboxylic acid groups (broad SMARTS) is 1. The summed E-state index contributed by atoms with van der Waals surface area (Å²) >= 11 is 1.96. The molecule has 0 aliphatic carbocycles. The number of nitrogens with zero attached hydrogens (tertiary/aromatic N) is 1. The average molecular weight is 378 g/mol. The van der Waals surface area contributed by atoms with Crippen LogP contribution in [-0.2, 0) is 9.53 Å². The molecule has 0 bridgehead atoms. The summed E-state index contributed by atoms with van der Waals surface area (Å²) in [6.45, 7) is 0.308. The van der Waals surface area contributed by atoms with Crippen molar-refractivity contribution in [2.45, 2.75) is 12.0 Å². The SMILES string of the molecule is O=C(O)C1(Nc2ccc(I)cc2[N+](=O)[O-])CCOC1. The zero-order chi connectivity index (χ0) is 14.0. The lowest BCUT2D eigenvalue weighted by atomic mass is 9.98. The first kappa shape index (κ1) is 14.0. The molecule has 1 aliphatic rings. The Balaban J connectivity index is 2.37. The van der Waals surface area contributed by atoms with Gasteiger partial charge in [0.2, 0.25) is 0 Å². The third-order valence-electron chi connectivity index (χ3n) is 2.96. The number of carboxylic acids is 1. The van der Waals surface area contributed by atoms with Crippen molar-refractivity contribution in [2.24, 2.45) is 0 Å². The molecule has 1 aliphatic heterocycles. The number of ether oxygens (including phenoxy) is 1. The second-order valence-corrected chi connectivity index (χ2v) is 5.48. The fourth-order valence-corrected chi connectivity index (χ4v) is 2.38. The molecule has 19 heavy (non-hydrogen) atoms. The van der Waals surface area contributed by atoms with Gasteiger partial charge in [0.25, 0.3) is 5.69 Å². The van der Waals surface area contributed by atoms with Crippen LogP contribution in [0.15, 0.2) is 18.2 Å². The maximum absolute atomic E-state index is 11.4. The molecule has 1 aromatic rings. The molecule has 7 nitrogen and oxygen atoms in total. The molecule has 8 heteroatoms. The zero-order valence-electron chi connectivity index (χ0n) is 9.76. The second-order valence-electron chi connectivity index (χ2n) is 4.23. The number of anilines is 1. The van der Waals surface area contributed by atoms with Crippen molar-refractivity contribution in [3.05, 3.63) is 31.9 Å². The molecule has 0 aromatic heterocycles. The second kappa shape index (κ2) is 5.29. The van der Waals surface area contributed by atoms with Crippen LogP contribution < -0.4 is 5.32 Å². The third-order valence-corrected chi connectivity index (χ3v) is 3.63. The number of aliphatic carboxylic acids is 1. The molecule has 1 aromatic carbocycles. The van der Waals surface area contributed by atoms with Crippen LogP contribution in [0, 0.1) is 13.7 Å². The first-order valence-electron chi connectivity index (χ1n) is 5.48. The molecule has 0 spiro atoms. The summed E-state index contributed by atoms with van der Waals surface area (Å²) in [4.78, 5) is 21.8. The van der Waals surface area contributed by atoms with E-state index in [1.165, 1.54) is 12.1 Å². The van der Waals surface area contributed by atoms with E-state index < -0.39 is 16.4 Å². The van der Waals surface area contributed by atoms with Crippen molar-refractivity contribution in [1.82, 2.24) is 0 Å². The first-order chi connectivity index (χ1) is 8.94. The van der Waals surface area contributed by atoms with Crippen molar-refractivity contribution in [3.63, 3.8) is 0 Å². The van der Waals surface area contributed by atoms with Gasteiger partial charge in [-0.25, -0.2) is 4.79 Å². The van der Waals surface area contributed by atoms with Gasteiger partial charge in [-0.15, -0.1) is 0 Å². The Morgan fingerprint density at radius 3 is 2.84 bits per heavy atom. The quantitative estimate of drug-likeness (QED) is 0.471. The van der Waals surface area contributed by atoms with Crippen molar-refractivity contribution >= 4 is 39.9 Å². The van der Waals surface area contributed by atoms with Crippen molar-refractivity contribution in [1.29, 1.82) is 0 Å². The van der Waals surface area contributed by atoms with Gasteiger partial charge in [-0.3, -0.25) is 10.1 Å². The van der Waals surface area contributed by atoms with Gasteiger partial charge in [0.1, 0.15) is 5.69 Å². The maximum Gasteiger partial charge on any atom is 0.331 e. The highest BCUT2D eigenvalue weighted by molar-refractivity contribution is 14.1. The van der Waals surface area contributed by atoms with E-state index in [1.54, 1.807) is 6.07 Å². The van der Waals surface area contributed by atoms with Crippen molar-refractivity contribution < 1.29 is 19.6 Å². The highest BCUT2D eigenvalue weighted by Crippen LogP contribution is 2.32. The van der Waals surface area contributed by atoms with Crippen molar-refractivity contribution in [3.8, 4) is 0 Å². The van der Waals surface area contributed by atoms with Crippen LogP contribution in [0.4, 0.5) is 11.4 Å². The van der Waals surface area contributed by atoms with Crippen LogP contribution in [0.2, 0.25) is 0 Å². The van der Waals surface area contributed by atoms with Crippen LogP contribution in [0.1, 0.15) is 6.42 Å². The summed E-state index contributed by atoms with van der Waals surface area (Å²) < 4.78 is 5.81. The van der Waals surface area contributed by atoms with Gasteiger partial charge < -0.3 is 15.2 Å². The van der Waals surface area contributed by atoms with E-state index in [1.807, 2.05) is 22.6 Å². The summed E-state index contributed by atoms with van der Waals surface area (Å²) in [6.07, 6.45) is 0.269. The van der Waals surface area contributed by atoms with Gasteiger partial charge in [0.15, 0.2) is 5.54 Å². The van der Waals surface area contributed by atoms with Crippen LogP contribution in [0.3, 0.4) is 0 Å². The summed E-state index contributed by atoms with van der Waals surface area (Å²) in [6, 6.07) is 4.60. The Morgan fingerprint density at radius 1 is 1.58 bits per heavy atom. The van der Waals surface area contributed by atoms with Gasteiger partial charge in [-0.2, -0.15) is 0 Å². The Hall–Kier alpha value is -1.42. The number of benzene rings is 1. The Bertz CT molecular complexity index is 528. The number of nitro groups is 1. The lowest BCUT2D eigenvalue weighted by Gasteiger charge is -2.24. The van der Waals surface area contributed by atoms with E-state index >= 15 is 0 Å². The summed E-state index contributed by atoms with van der Waals surface area (Å²) in [5, 5.41) is 23.1. The predicted molar refractivity (Wildman–Crippen MR) is 75.2 cm³/mol.